The average molecular weight is 268 g/mol. The van der Waals surface area contributed by atoms with Crippen molar-refractivity contribution in [2.75, 3.05) is 0 Å². The van der Waals surface area contributed by atoms with E-state index in [0.29, 0.717) is 6.42 Å². The number of carbonyl (C=O) groups is 1. The summed E-state index contributed by atoms with van der Waals surface area (Å²) in [5, 5.41) is 8.35. The van der Waals surface area contributed by atoms with Crippen LogP contribution in [0.3, 0.4) is 0 Å². The second-order valence-electron chi connectivity index (χ2n) is 3.27. The summed E-state index contributed by atoms with van der Waals surface area (Å²) in [6.45, 7) is 2.20. The number of rotatable bonds is 8. The molecule has 0 aromatic carbocycles. The molecule has 2 nitrogen and oxygen atoms in total. The molecule has 0 atom stereocenters. The van der Waals surface area contributed by atoms with Crippen LogP contribution >= 0.6 is 0 Å². The van der Waals surface area contributed by atoms with Crippen LogP contribution in [-0.2, 0) is 25.9 Å². The maximum absolute atomic E-state index is 10.1. The van der Waals surface area contributed by atoms with Gasteiger partial charge in [-0.1, -0.05) is 45.4 Å². The zero-order valence-electron chi connectivity index (χ0n) is 8.42. The summed E-state index contributed by atoms with van der Waals surface area (Å²) in [6.07, 6.45) is 8.64. The maximum Gasteiger partial charge on any atom is 0.303 e. The third-order valence-corrected chi connectivity index (χ3v) is 1.99. The summed E-state index contributed by atoms with van der Waals surface area (Å²) in [6, 6.07) is 0. The maximum atomic E-state index is 10.1. The van der Waals surface area contributed by atoms with Gasteiger partial charge in [0.2, 0.25) is 0 Å². The Morgan fingerprint density at radius 1 is 1.00 bits per heavy atom. The quantitative estimate of drug-likeness (QED) is 0.542. The molecule has 0 amide bonds. The molecule has 0 fully saturated rings. The normalized spacial score (nSPS) is 9.31. The standard InChI is InChI=1S/C10H20O2.Mo/c1-2-3-4-5-6-7-8-9-10(11)12;/h2-9H2,1H3,(H,11,12);. The summed E-state index contributed by atoms with van der Waals surface area (Å²) in [7, 11) is 0. The minimum absolute atomic E-state index is 0. The zero-order chi connectivity index (χ0) is 9.23. The van der Waals surface area contributed by atoms with E-state index in [9.17, 15) is 4.79 Å². The average Bonchev–Trinajstić information content (AvgIpc) is 2.02. The van der Waals surface area contributed by atoms with Gasteiger partial charge in [0, 0.05) is 27.5 Å². The second kappa shape index (κ2) is 12.2. The Bertz CT molecular complexity index is 115. The number of carboxylic acid groups (broad SMARTS) is 1. The number of aliphatic carboxylic acids is 1. The molecule has 0 heterocycles. The fourth-order valence-electron chi connectivity index (χ4n) is 1.23. The summed E-state index contributed by atoms with van der Waals surface area (Å²) >= 11 is 0. The van der Waals surface area contributed by atoms with Gasteiger partial charge in [-0.25, -0.2) is 0 Å². The zero-order valence-corrected chi connectivity index (χ0v) is 10.4. The Kier molecular flexibility index (Phi) is 14.6. The van der Waals surface area contributed by atoms with Crippen molar-refractivity contribution < 1.29 is 31.0 Å². The first-order chi connectivity index (χ1) is 5.77. The fourth-order valence-corrected chi connectivity index (χ4v) is 1.23. The van der Waals surface area contributed by atoms with Crippen LogP contribution in [-0.4, -0.2) is 11.1 Å². The van der Waals surface area contributed by atoms with Crippen LogP contribution in [0.4, 0.5) is 0 Å². The molecular formula is C10H20MoO2. The van der Waals surface area contributed by atoms with Crippen molar-refractivity contribution in [3.8, 4) is 0 Å². The first-order valence-electron chi connectivity index (χ1n) is 4.99. The van der Waals surface area contributed by atoms with Gasteiger partial charge >= 0.3 is 5.97 Å². The molecule has 0 bridgehead atoms. The summed E-state index contributed by atoms with van der Waals surface area (Å²) in [5.74, 6) is -0.663. The Morgan fingerprint density at radius 3 is 1.92 bits per heavy atom. The van der Waals surface area contributed by atoms with Crippen molar-refractivity contribution in [2.45, 2.75) is 58.3 Å². The molecule has 0 unspecified atom stereocenters. The van der Waals surface area contributed by atoms with E-state index in [1.807, 2.05) is 0 Å². The predicted octanol–water partition coefficient (Wildman–Crippen LogP) is 3.21. The van der Waals surface area contributed by atoms with E-state index < -0.39 is 5.97 Å². The molecule has 3 heteroatoms. The van der Waals surface area contributed by atoms with Crippen LogP contribution in [0.1, 0.15) is 58.3 Å². The van der Waals surface area contributed by atoms with Crippen molar-refractivity contribution in [3.05, 3.63) is 0 Å². The van der Waals surface area contributed by atoms with Crippen LogP contribution < -0.4 is 0 Å². The van der Waals surface area contributed by atoms with Crippen molar-refractivity contribution in [1.82, 2.24) is 0 Å². The molecule has 1 N–H and O–H groups in total. The minimum atomic E-state index is -0.663. The minimum Gasteiger partial charge on any atom is -0.481 e. The Labute approximate surface area is 95.4 Å². The van der Waals surface area contributed by atoms with Crippen molar-refractivity contribution >= 4 is 5.97 Å². The van der Waals surface area contributed by atoms with Crippen LogP contribution in [0.5, 0.6) is 0 Å². The molecule has 0 saturated heterocycles. The molecule has 0 spiro atoms. The topological polar surface area (TPSA) is 37.3 Å². The second-order valence-corrected chi connectivity index (χ2v) is 3.27. The molecule has 0 aliphatic carbocycles. The smallest absolute Gasteiger partial charge is 0.303 e. The van der Waals surface area contributed by atoms with E-state index in [2.05, 4.69) is 6.92 Å². The summed E-state index contributed by atoms with van der Waals surface area (Å²) < 4.78 is 0. The number of hydrogen-bond acceptors (Lipinski definition) is 1. The molecule has 0 aliphatic heterocycles. The largest absolute Gasteiger partial charge is 0.481 e. The van der Waals surface area contributed by atoms with Gasteiger partial charge in [-0.05, 0) is 6.42 Å². The van der Waals surface area contributed by atoms with Gasteiger partial charge in [-0.2, -0.15) is 0 Å². The van der Waals surface area contributed by atoms with Gasteiger partial charge in [-0.15, -0.1) is 0 Å². The van der Waals surface area contributed by atoms with Crippen LogP contribution in [0.25, 0.3) is 0 Å². The predicted molar refractivity (Wildman–Crippen MR) is 50.2 cm³/mol. The summed E-state index contributed by atoms with van der Waals surface area (Å²) in [5.41, 5.74) is 0. The van der Waals surface area contributed by atoms with E-state index in [4.69, 9.17) is 5.11 Å². The first kappa shape index (κ1) is 15.6. The van der Waals surface area contributed by atoms with E-state index >= 15 is 0 Å². The van der Waals surface area contributed by atoms with Crippen molar-refractivity contribution in [3.63, 3.8) is 0 Å². The monoisotopic (exact) mass is 270 g/mol. The molecule has 78 valence electrons. The van der Waals surface area contributed by atoms with Crippen LogP contribution in [0.2, 0.25) is 0 Å². The molecule has 0 radical (unpaired) electrons. The van der Waals surface area contributed by atoms with Crippen molar-refractivity contribution in [1.29, 1.82) is 0 Å². The van der Waals surface area contributed by atoms with Crippen molar-refractivity contribution in [2.24, 2.45) is 0 Å². The fraction of sp³-hybridized carbons (Fsp3) is 0.900. The Hall–Kier alpha value is 0.158. The third-order valence-electron chi connectivity index (χ3n) is 1.99. The van der Waals surface area contributed by atoms with Crippen LogP contribution in [0.15, 0.2) is 0 Å². The number of hydrogen-bond donors (Lipinski definition) is 1. The van der Waals surface area contributed by atoms with Crippen LogP contribution in [0, 0.1) is 0 Å². The van der Waals surface area contributed by atoms with E-state index in [1.54, 1.807) is 0 Å². The molecule has 13 heavy (non-hydrogen) atoms. The molecular weight excluding hydrogens is 248 g/mol. The van der Waals surface area contributed by atoms with Gasteiger partial charge in [0.25, 0.3) is 0 Å². The molecule has 0 rings (SSSR count). The van der Waals surface area contributed by atoms with E-state index in [0.717, 1.165) is 12.8 Å². The Morgan fingerprint density at radius 2 is 1.46 bits per heavy atom. The first-order valence-corrected chi connectivity index (χ1v) is 4.99. The Balaban J connectivity index is 0. The third kappa shape index (κ3) is 15.0. The van der Waals surface area contributed by atoms with Gasteiger partial charge in [-0.3, -0.25) is 4.79 Å². The molecule has 0 aliphatic rings. The van der Waals surface area contributed by atoms with Gasteiger partial charge < -0.3 is 5.11 Å². The van der Waals surface area contributed by atoms with Gasteiger partial charge in [0.1, 0.15) is 0 Å². The molecule has 0 aromatic heterocycles. The van der Waals surface area contributed by atoms with E-state index in [1.165, 1.54) is 32.1 Å². The summed E-state index contributed by atoms with van der Waals surface area (Å²) in [4.78, 5) is 10.1. The molecule has 0 aromatic rings. The van der Waals surface area contributed by atoms with Gasteiger partial charge in [0.15, 0.2) is 0 Å². The SMILES string of the molecule is CCCCCCCCCC(=O)O.[Mo]. The number of carboxylic acids is 1. The van der Waals surface area contributed by atoms with Gasteiger partial charge in [0.05, 0.1) is 0 Å². The van der Waals surface area contributed by atoms with E-state index in [-0.39, 0.29) is 21.1 Å². The number of unbranched alkanes of at least 4 members (excludes halogenated alkanes) is 6. The molecule has 0 saturated carbocycles.